The predicted molar refractivity (Wildman–Crippen MR) is 130 cm³/mol. The molecule has 4 rings (SSSR count). The molecule has 5 heteroatoms. The van der Waals surface area contributed by atoms with Crippen molar-refractivity contribution in [3.63, 3.8) is 0 Å². The van der Waals surface area contributed by atoms with Crippen molar-refractivity contribution < 1.29 is 23.4 Å². The average molecular weight is 487 g/mol. The van der Waals surface area contributed by atoms with Gasteiger partial charge in [0.15, 0.2) is 5.60 Å². The van der Waals surface area contributed by atoms with E-state index >= 15 is 0 Å². The van der Waals surface area contributed by atoms with Crippen molar-refractivity contribution in [3.8, 4) is 0 Å². The lowest BCUT2D eigenvalue weighted by Crippen LogP contribution is -2.52. The monoisotopic (exact) mass is 486 g/mol. The molecule has 0 radical (unpaired) electrons. The van der Waals surface area contributed by atoms with Crippen LogP contribution in [0.5, 0.6) is 0 Å². The summed E-state index contributed by atoms with van der Waals surface area (Å²) in [6.45, 7) is 10.2. The van der Waals surface area contributed by atoms with E-state index in [2.05, 4.69) is 27.7 Å². The van der Waals surface area contributed by atoms with Crippen LogP contribution < -0.4 is 0 Å². The lowest BCUT2D eigenvalue weighted by atomic mass is 9.45. The molecule has 0 unspecified atom stereocenters. The van der Waals surface area contributed by atoms with Gasteiger partial charge in [-0.2, -0.15) is 13.2 Å². The molecule has 4 aliphatic carbocycles. The summed E-state index contributed by atoms with van der Waals surface area (Å²) in [5.41, 5.74) is -2.55. The van der Waals surface area contributed by atoms with Crippen molar-refractivity contribution in [2.75, 3.05) is 0 Å². The van der Waals surface area contributed by atoms with Gasteiger partial charge in [-0.1, -0.05) is 34.1 Å². The van der Waals surface area contributed by atoms with E-state index in [1.54, 1.807) is 0 Å². The van der Waals surface area contributed by atoms with Gasteiger partial charge in [-0.15, -0.1) is 0 Å². The Kier molecular flexibility index (Phi) is 7.02. The number of hydrogen-bond donors (Lipinski definition) is 2. The Morgan fingerprint density at radius 1 is 0.941 bits per heavy atom. The van der Waals surface area contributed by atoms with Crippen LogP contribution in [0.2, 0.25) is 0 Å². The molecule has 0 saturated heterocycles. The van der Waals surface area contributed by atoms with E-state index in [1.165, 1.54) is 38.5 Å². The zero-order chi connectivity index (χ0) is 25.2. The van der Waals surface area contributed by atoms with E-state index in [0.29, 0.717) is 29.6 Å². The smallest absolute Gasteiger partial charge is 0.390 e. The molecule has 0 aromatic heterocycles. The number of rotatable bonds is 5. The fraction of sp³-hybridized carbons (Fsp3) is 1.00. The first-order valence-corrected chi connectivity index (χ1v) is 14.2. The van der Waals surface area contributed by atoms with Crippen LogP contribution in [-0.2, 0) is 0 Å². The first kappa shape index (κ1) is 26.8. The Bertz CT molecular complexity index is 735. The van der Waals surface area contributed by atoms with Crippen molar-refractivity contribution in [1.29, 1.82) is 0 Å². The Morgan fingerprint density at radius 3 is 2.26 bits per heavy atom. The quantitative estimate of drug-likeness (QED) is 0.414. The maximum atomic E-state index is 13.2. The van der Waals surface area contributed by atoms with E-state index < -0.39 is 17.4 Å². The Morgan fingerprint density at radius 2 is 1.62 bits per heavy atom. The SMILES string of the molecule is CC[C@@]1(O)CCC[C@@]2(C)[C@@H](CC[C@@H]3[C@@H]2CC[C@]2(C)[C@@H]([C@H](C)CC[C@@](C)(O)C(F)(F)F)CC[C@@H]32)C1. The molecule has 2 nitrogen and oxygen atoms in total. The third kappa shape index (κ3) is 4.37. The maximum Gasteiger partial charge on any atom is 0.416 e. The van der Waals surface area contributed by atoms with Crippen molar-refractivity contribution in [3.05, 3.63) is 0 Å². The highest BCUT2D eigenvalue weighted by Crippen LogP contribution is 2.68. The zero-order valence-corrected chi connectivity index (χ0v) is 22.2. The van der Waals surface area contributed by atoms with Crippen LogP contribution in [0.15, 0.2) is 0 Å². The Balaban J connectivity index is 1.48. The summed E-state index contributed by atoms with van der Waals surface area (Å²) in [7, 11) is 0. The second kappa shape index (κ2) is 8.92. The first-order chi connectivity index (χ1) is 15.7. The van der Waals surface area contributed by atoms with Gasteiger partial charge < -0.3 is 10.2 Å². The predicted octanol–water partition coefficient (Wildman–Crippen LogP) is 7.91. The number of halogens is 3. The van der Waals surface area contributed by atoms with Crippen LogP contribution in [-0.4, -0.2) is 27.6 Å². The molecule has 4 aliphatic rings. The van der Waals surface area contributed by atoms with Gasteiger partial charge in [0.05, 0.1) is 5.60 Å². The minimum atomic E-state index is -4.57. The van der Waals surface area contributed by atoms with Crippen LogP contribution in [0.25, 0.3) is 0 Å². The van der Waals surface area contributed by atoms with E-state index in [-0.39, 0.29) is 17.8 Å². The van der Waals surface area contributed by atoms with Gasteiger partial charge in [-0.25, -0.2) is 0 Å². The molecule has 0 aromatic rings. The van der Waals surface area contributed by atoms with E-state index in [1.807, 2.05) is 0 Å². The fourth-order valence-electron chi connectivity index (χ4n) is 9.77. The van der Waals surface area contributed by atoms with Crippen molar-refractivity contribution in [2.24, 2.45) is 46.3 Å². The molecule has 0 aliphatic heterocycles. The highest BCUT2D eigenvalue weighted by atomic mass is 19.4. The van der Waals surface area contributed by atoms with E-state index in [0.717, 1.165) is 50.9 Å². The van der Waals surface area contributed by atoms with Crippen LogP contribution in [0, 0.1) is 46.3 Å². The van der Waals surface area contributed by atoms with Gasteiger partial charge in [-0.3, -0.25) is 0 Å². The van der Waals surface area contributed by atoms with Gasteiger partial charge >= 0.3 is 6.18 Å². The molecule has 4 saturated carbocycles. The van der Waals surface area contributed by atoms with Gasteiger partial charge in [0.1, 0.15) is 0 Å². The molecular weight excluding hydrogens is 437 g/mol. The fourth-order valence-corrected chi connectivity index (χ4v) is 9.77. The van der Waals surface area contributed by atoms with Crippen LogP contribution >= 0.6 is 0 Å². The molecule has 10 atom stereocenters. The summed E-state index contributed by atoms with van der Waals surface area (Å²) < 4.78 is 39.6. The van der Waals surface area contributed by atoms with Crippen LogP contribution in [0.1, 0.15) is 118 Å². The second-order valence-electron chi connectivity index (χ2n) is 13.8. The summed E-state index contributed by atoms with van der Waals surface area (Å²) >= 11 is 0. The molecule has 0 aromatic carbocycles. The number of alkyl halides is 3. The molecule has 198 valence electrons. The van der Waals surface area contributed by atoms with E-state index in [9.17, 15) is 23.4 Å². The third-order valence-electron chi connectivity index (χ3n) is 12.2. The van der Waals surface area contributed by atoms with Gasteiger partial charge in [0, 0.05) is 0 Å². The first-order valence-electron chi connectivity index (χ1n) is 14.2. The summed E-state index contributed by atoms with van der Waals surface area (Å²) in [4.78, 5) is 0. The molecule has 4 fully saturated rings. The van der Waals surface area contributed by atoms with Crippen molar-refractivity contribution in [1.82, 2.24) is 0 Å². The molecule has 0 amide bonds. The molecule has 34 heavy (non-hydrogen) atoms. The zero-order valence-electron chi connectivity index (χ0n) is 22.2. The molecule has 0 heterocycles. The number of fused-ring (bicyclic) bond motifs is 5. The second-order valence-corrected chi connectivity index (χ2v) is 13.8. The van der Waals surface area contributed by atoms with Gasteiger partial charge in [0.2, 0.25) is 0 Å². The average Bonchev–Trinajstić information content (AvgIpc) is 3.03. The minimum Gasteiger partial charge on any atom is -0.390 e. The lowest BCUT2D eigenvalue weighted by molar-refractivity contribution is -0.256. The highest BCUT2D eigenvalue weighted by Gasteiger charge is 2.61. The summed E-state index contributed by atoms with van der Waals surface area (Å²) in [5, 5.41) is 21.1. The molecular formula is C29H49F3O2. The summed E-state index contributed by atoms with van der Waals surface area (Å²) in [6, 6.07) is 0. The molecule has 0 bridgehead atoms. The Hall–Kier alpha value is -0.290. The normalized spacial score (nSPS) is 47.6. The van der Waals surface area contributed by atoms with Crippen molar-refractivity contribution >= 4 is 0 Å². The summed E-state index contributed by atoms with van der Waals surface area (Å²) in [5.74, 6) is 3.39. The maximum absolute atomic E-state index is 13.2. The lowest BCUT2D eigenvalue weighted by Gasteiger charge is -2.59. The topological polar surface area (TPSA) is 40.5 Å². The molecule has 0 spiro atoms. The van der Waals surface area contributed by atoms with Gasteiger partial charge in [-0.05, 0) is 130 Å². The highest BCUT2D eigenvalue weighted by molar-refractivity contribution is 5.10. The Labute approximate surface area is 205 Å². The van der Waals surface area contributed by atoms with Gasteiger partial charge in [0.25, 0.3) is 0 Å². The van der Waals surface area contributed by atoms with E-state index in [4.69, 9.17) is 0 Å². The minimum absolute atomic E-state index is 0.199. The number of aliphatic hydroxyl groups is 2. The van der Waals surface area contributed by atoms with Crippen LogP contribution in [0.4, 0.5) is 13.2 Å². The van der Waals surface area contributed by atoms with Crippen LogP contribution in [0.3, 0.4) is 0 Å². The standard InChI is InChI=1S/C29H49F3O2/c1-6-28(34)15-7-14-25(3)20(18-28)8-9-21-23-11-10-22(26(23,4)16-13-24(21)25)19(2)12-17-27(5,33)29(30,31)32/h19-24,33-34H,6-18H2,1-5H3/t19-,20+,21+,22-,23+,24+,25+,26-,27-,28-/m1/s1. The summed E-state index contributed by atoms with van der Waals surface area (Å²) in [6.07, 6.45) is 8.01. The number of hydrogen-bond acceptors (Lipinski definition) is 2. The largest absolute Gasteiger partial charge is 0.416 e. The third-order valence-corrected chi connectivity index (χ3v) is 12.2. The van der Waals surface area contributed by atoms with Crippen molar-refractivity contribution in [2.45, 2.75) is 135 Å². The molecule has 2 N–H and O–H groups in total.